The molecule has 2 atom stereocenters. The number of aromatic nitrogens is 2. The number of thiophene rings is 1. The molecule has 0 radical (unpaired) electrons. The topological polar surface area (TPSA) is 134 Å². The van der Waals surface area contributed by atoms with Gasteiger partial charge in [-0.25, -0.2) is 4.98 Å². The van der Waals surface area contributed by atoms with Gasteiger partial charge in [0.1, 0.15) is 10.7 Å². The number of nitrogens with two attached hydrogens (primary N) is 2. The first-order valence-electron chi connectivity index (χ1n) is 12.4. The summed E-state index contributed by atoms with van der Waals surface area (Å²) in [5.41, 5.74) is 14.7. The Morgan fingerprint density at radius 3 is 2.59 bits per heavy atom. The van der Waals surface area contributed by atoms with Crippen LogP contribution in [0.1, 0.15) is 29.2 Å². The first-order chi connectivity index (χ1) is 19.5. The zero-order valence-corrected chi connectivity index (χ0v) is 22.9. The van der Waals surface area contributed by atoms with E-state index in [1.165, 1.54) is 18.2 Å². The number of nitrogens with zero attached hydrogens (tertiary/aromatic N) is 2. The summed E-state index contributed by atoms with van der Waals surface area (Å²) in [6, 6.07) is 10.1. The summed E-state index contributed by atoms with van der Waals surface area (Å²) >= 11 is 7.29. The summed E-state index contributed by atoms with van der Waals surface area (Å²) in [7, 11) is 0. The normalized spacial score (nSPS) is 15.4. The van der Waals surface area contributed by atoms with E-state index >= 15 is 0 Å². The van der Waals surface area contributed by atoms with E-state index in [2.05, 4.69) is 9.97 Å². The van der Waals surface area contributed by atoms with E-state index < -0.39 is 24.3 Å². The van der Waals surface area contributed by atoms with Gasteiger partial charge in [0.05, 0.1) is 18.7 Å². The molecule has 214 valence electrons. The number of hydrogen-bond donors (Lipinski definition) is 3. The molecule has 0 saturated carbocycles. The Balaban J connectivity index is 1.53. The van der Waals surface area contributed by atoms with Crippen LogP contribution in [0.3, 0.4) is 0 Å². The summed E-state index contributed by atoms with van der Waals surface area (Å²) in [5, 5.41) is 11.1. The fourth-order valence-corrected chi connectivity index (χ4v) is 5.67. The largest absolute Gasteiger partial charge is 0.480 e. The number of halogens is 4. The molecule has 2 aromatic carbocycles. The van der Waals surface area contributed by atoms with Gasteiger partial charge >= 0.3 is 12.1 Å². The fraction of sp³-hybridized carbons (Fsp3) is 0.250. The molecule has 4 aromatic rings. The number of ether oxygens (including phenoxy) is 2. The van der Waals surface area contributed by atoms with Gasteiger partial charge in [0, 0.05) is 21.5 Å². The third kappa shape index (κ3) is 6.30. The minimum atomic E-state index is -4.81. The fourth-order valence-electron chi connectivity index (χ4n) is 4.55. The maximum absolute atomic E-state index is 14.6. The first kappa shape index (κ1) is 28.8. The molecule has 0 amide bonds. The Morgan fingerprint density at radius 2 is 1.93 bits per heavy atom. The Bertz CT molecular complexity index is 1630. The van der Waals surface area contributed by atoms with Crippen LogP contribution in [0.15, 0.2) is 53.9 Å². The lowest BCUT2D eigenvalue weighted by Gasteiger charge is -2.26. The van der Waals surface area contributed by atoms with Crippen molar-refractivity contribution in [2.45, 2.75) is 31.2 Å². The van der Waals surface area contributed by atoms with Crippen LogP contribution in [0.5, 0.6) is 5.88 Å². The summed E-state index contributed by atoms with van der Waals surface area (Å²) in [4.78, 5) is 19.4. The van der Waals surface area contributed by atoms with Gasteiger partial charge < -0.3 is 26.0 Å². The molecular weight excluding hydrogens is 581 g/mol. The number of fused-ring (bicyclic) bond motifs is 1. The second-order valence-electron chi connectivity index (χ2n) is 9.40. The molecule has 1 aliphatic rings. The second kappa shape index (κ2) is 11.6. The van der Waals surface area contributed by atoms with Crippen LogP contribution in [-0.4, -0.2) is 46.5 Å². The second-order valence-corrected chi connectivity index (χ2v) is 10.7. The van der Waals surface area contributed by atoms with Crippen molar-refractivity contribution in [1.29, 1.82) is 0 Å². The van der Waals surface area contributed by atoms with Gasteiger partial charge in [-0.1, -0.05) is 48.0 Å². The number of carbonyl (C=O) groups is 1. The molecule has 41 heavy (non-hydrogen) atoms. The zero-order chi connectivity index (χ0) is 29.3. The zero-order valence-electron chi connectivity index (χ0n) is 21.3. The van der Waals surface area contributed by atoms with Gasteiger partial charge in [0.2, 0.25) is 17.9 Å². The number of rotatable bonds is 8. The maximum Gasteiger partial charge on any atom is 0.429 e. The predicted molar refractivity (Wildman–Crippen MR) is 151 cm³/mol. The Kier molecular flexibility index (Phi) is 8.18. The van der Waals surface area contributed by atoms with Gasteiger partial charge in [0.15, 0.2) is 0 Å². The average Bonchev–Trinajstić information content (AvgIpc) is 3.36. The van der Waals surface area contributed by atoms with Crippen LogP contribution in [0.4, 0.5) is 19.1 Å². The molecule has 2 aromatic heterocycles. The number of nitrogen functional groups attached to an aromatic ring is 1. The Morgan fingerprint density at radius 1 is 1.17 bits per heavy atom. The molecular formula is C28H24ClF3N4O4S. The minimum absolute atomic E-state index is 0.129. The number of benzene rings is 2. The van der Waals surface area contributed by atoms with Gasteiger partial charge in [-0.15, -0.1) is 11.3 Å². The van der Waals surface area contributed by atoms with E-state index in [-0.39, 0.29) is 45.7 Å². The quantitative estimate of drug-likeness (QED) is 0.222. The number of aliphatic carboxylic acids is 1. The Hall–Kier alpha value is -3.71. The lowest BCUT2D eigenvalue weighted by atomic mass is 9.94. The summed E-state index contributed by atoms with van der Waals surface area (Å²) in [5.74, 6) is -1.66. The van der Waals surface area contributed by atoms with Crippen molar-refractivity contribution >= 4 is 50.6 Å². The monoisotopic (exact) mass is 604 g/mol. The van der Waals surface area contributed by atoms with Crippen LogP contribution in [-0.2, 0) is 16.0 Å². The molecule has 0 unspecified atom stereocenters. The third-order valence-electron chi connectivity index (χ3n) is 6.52. The molecule has 3 heterocycles. The van der Waals surface area contributed by atoms with Crippen LogP contribution in [0.25, 0.3) is 26.9 Å². The number of anilines is 1. The van der Waals surface area contributed by atoms with Crippen LogP contribution >= 0.6 is 22.9 Å². The molecule has 1 aliphatic heterocycles. The highest BCUT2D eigenvalue weighted by Gasteiger charge is 2.45. The van der Waals surface area contributed by atoms with Crippen molar-refractivity contribution in [2.75, 3.05) is 18.9 Å². The van der Waals surface area contributed by atoms with E-state index in [0.717, 1.165) is 11.3 Å². The lowest BCUT2D eigenvalue weighted by Crippen LogP contribution is -2.32. The molecule has 0 saturated heterocycles. The highest BCUT2D eigenvalue weighted by Crippen LogP contribution is 2.44. The lowest BCUT2D eigenvalue weighted by molar-refractivity contribution is -0.198. The summed E-state index contributed by atoms with van der Waals surface area (Å²) < 4.78 is 55.1. The molecule has 13 heteroatoms. The number of carboxylic acids is 1. The molecule has 8 nitrogen and oxygen atoms in total. The highest BCUT2D eigenvalue weighted by molar-refractivity contribution is 7.18. The van der Waals surface area contributed by atoms with E-state index in [1.54, 1.807) is 29.6 Å². The van der Waals surface area contributed by atoms with Crippen molar-refractivity contribution in [3.63, 3.8) is 0 Å². The van der Waals surface area contributed by atoms with E-state index in [1.807, 2.05) is 6.08 Å². The van der Waals surface area contributed by atoms with E-state index in [0.29, 0.717) is 40.8 Å². The maximum atomic E-state index is 14.6. The highest BCUT2D eigenvalue weighted by atomic mass is 35.5. The number of carboxylic acid groups (broad SMARTS) is 1. The van der Waals surface area contributed by atoms with E-state index in [9.17, 15) is 18.0 Å². The standard InChI is InChI=1S/C28H24ClF3N4O4S/c29-17-7-8-18(19(11-17)16-2-1-9-39-12-16)24(28(30,31)32)40-25-23-22(35-27(34)36-25)20(13-41-23)15-5-3-14(4-6-15)10-21(33)26(37)38/h2-8,11,13,21,24H,1,9-10,12,33H2,(H,37,38)(H2,34,35,36)/t21-,24+/m0/s1. The van der Waals surface area contributed by atoms with E-state index in [4.69, 9.17) is 37.6 Å². The van der Waals surface area contributed by atoms with Crippen molar-refractivity contribution in [3.8, 4) is 17.0 Å². The number of alkyl halides is 3. The predicted octanol–water partition coefficient (Wildman–Crippen LogP) is 6.03. The molecule has 0 aliphatic carbocycles. The minimum Gasteiger partial charge on any atom is -0.480 e. The smallest absolute Gasteiger partial charge is 0.429 e. The van der Waals surface area contributed by atoms with Crippen LogP contribution in [0.2, 0.25) is 5.02 Å². The molecule has 0 spiro atoms. The SMILES string of the molecule is Nc1nc(O[C@H](c2ccc(Cl)cc2C2=CCCOC2)C(F)(F)F)c2scc(-c3ccc(C[C@H](N)C(=O)O)cc3)c2n1. The van der Waals surface area contributed by atoms with Gasteiger partial charge in [-0.2, -0.15) is 18.2 Å². The summed E-state index contributed by atoms with van der Waals surface area (Å²) in [6.07, 6.45) is -4.65. The number of hydrogen-bond acceptors (Lipinski definition) is 8. The molecule has 5 N–H and O–H groups in total. The van der Waals surface area contributed by atoms with Gasteiger partial charge in [-0.3, -0.25) is 4.79 Å². The van der Waals surface area contributed by atoms with Crippen molar-refractivity contribution in [3.05, 3.63) is 75.6 Å². The molecule has 5 rings (SSSR count). The van der Waals surface area contributed by atoms with Crippen molar-refractivity contribution in [1.82, 2.24) is 9.97 Å². The average molecular weight is 605 g/mol. The third-order valence-corrected chi connectivity index (χ3v) is 7.71. The van der Waals surface area contributed by atoms with Gasteiger partial charge in [-0.05, 0) is 47.2 Å². The molecule has 0 fully saturated rings. The molecule has 0 bridgehead atoms. The Labute approximate surface area is 241 Å². The first-order valence-corrected chi connectivity index (χ1v) is 13.7. The van der Waals surface area contributed by atoms with Crippen molar-refractivity contribution < 1.29 is 32.5 Å². The summed E-state index contributed by atoms with van der Waals surface area (Å²) in [6.45, 7) is 0.633. The van der Waals surface area contributed by atoms with Crippen LogP contribution < -0.4 is 16.2 Å². The van der Waals surface area contributed by atoms with Crippen LogP contribution in [0, 0.1) is 0 Å². The van der Waals surface area contributed by atoms with Crippen molar-refractivity contribution in [2.24, 2.45) is 5.73 Å². The van der Waals surface area contributed by atoms with Gasteiger partial charge in [0.25, 0.3) is 0 Å².